The van der Waals surface area contributed by atoms with Crippen LogP contribution in [0.4, 0.5) is 0 Å². The van der Waals surface area contributed by atoms with E-state index < -0.39 is 0 Å². The Morgan fingerprint density at radius 1 is 1.14 bits per heavy atom. The van der Waals surface area contributed by atoms with Gasteiger partial charge >= 0.3 is 0 Å². The largest absolute Gasteiger partial charge is 0.508 e. The van der Waals surface area contributed by atoms with Crippen LogP contribution in [0.15, 0.2) is 54.7 Å². The number of hydrogen-bond acceptors (Lipinski definition) is 3. The topological polar surface area (TPSA) is 53.3 Å². The van der Waals surface area contributed by atoms with E-state index in [1.165, 1.54) is 11.3 Å². The Hall–Kier alpha value is -2.86. The number of aromatic nitrogens is 2. The highest BCUT2D eigenvalue weighted by molar-refractivity contribution is 7.80. The number of benzene rings is 1. The summed E-state index contributed by atoms with van der Waals surface area (Å²) in [5, 5.41) is 13.9. The van der Waals surface area contributed by atoms with E-state index in [-0.39, 0.29) is 17.8 Å². The number of pyridine rings is 1. The molecular weight excluding hydrogens is 368 g/mol. The van der Waals surface area contributed by atoms with Crippen molar-refractivity contribution in [2.75, 3.05) is 6.54 Å². The summed E-state index contributed by atoms with van der Waals surface area (Å²) >= 11 is 5.64. The number of phenols is 1. The molecule has 0 unspecified atom stereocenters. The van der Waals surface area contributed by atoms with Gasteiger partial charge in [0, 0.05) is 29.8 Å². The van der Waals surface area contributed by atoms with Crippen LogP contribution >= 0.6 is 12.2 Å². The van der Waals surface area contributed by atoms with Crippen molar-refractivity contribution >= 4 is 17.3 Å². The summed E-state index contributed by atoms with van der Waals surface area (Å²) in [6, 6.07) is 15.6. The Bertz CT molecular complexity index is 997. The van der Waals surface area contributed by atoms with Crippen LogP contribution in [0.2, 0.25) is 0 Å². The van der Waals surface area contributed by atoms with Crippen molar-refractivity contribution in [2.45, 2.75) is 32.9 Å². The number of phenolic OH excluding ortho intramolecular Hbond substituents is 1. The summed E-state index contributed by atoms with van der Waals surface area (Å²) in [6.07, 6.45) is 1.82. The van der Waals surface area contributed by atoms with Crippen LogP contribution < -0.4 is 5.32 Å². The number of likely N-dealkylation sites (N-methyl/N-ethyl adjacent to an activating group) is 1. The lowest BCUT2D eigenvalue weighted by Gasteiger charge is -2.27. The molecule has 144 valence electrons. The van der Waals surface area contributed by atoms with Crippen molar-refractivity contribution in [3.63, 3.8) is 0 Å². The molecule has 0 aliphatic carbocycles. The Labute approximate surface area is 170 Å². The van der Waals surface area contributed by atoms with E-state index in [0.29, 0.717) is 0 Å². The second-order valence-corrected chi connectivity index (χ2v) is 7.48. The minimum Gasteiger partial charge on any atom is -0.508 e. The summed E-state index contributed by atoms with van der Waals surface area (Å²) in [4.78, 5) is 6.82. The summed E-state index contributed by atoms with van der Waals surface area (Å²) in [7, 11) is 0. The molecule has 5 nitrogen and oxygen atoms in total. The van der Waals surface area contributed by atoms with E-state index in [2.05, 4.69) is 46.6 Å². The first-order valence-electron chi connectivity index (χ1n) is 9.47. The molecule has 0 saturated carbocycles. The average Bonchev–Trinajstić information content (AvgIpc) is 3.18. The lowest BCUT2D eigenvalue weighted by molar-refractivity contribution is 0.329. The first kappa shape index (κ1) is 18.5. The lowest BCUT2D eigenvalue weighted by Crippen LogP contribution is -2.29. The van der Waals surface area contributed by atoms with Crippen molar-refractivity contribution in [3.05, 3.63) is 77.4 Å². The van der Waals surface area contributed by atoms with E-state index in [1.54, 1.807) is 12.1 Å². The normalized spacial score (nSPS) is 19.1. The fraction of sp³-hybridized carbons (Fsp3) is 0.273. The third-order valence-corrected chi connectivity index (χ3v) is 5.79. The molecule has 0 amide bonds. The van der Waals surface area contributed by atoms with Gasteiger partial charge in [-0.05, 0) is 81.0 Å². The molecular formula is C22H24N4OS. The molecule has 1 fully saturated rings. The molecule has 3 heterocycles. The van der Waals surface area contributed by atoms with Gasteiger partial charge in [-0.25, -0.2) is 0 Å². The third-order valence-electron chi connectivity index (χ3n) is 5.44. The SMILES string of the molecule is CCN1C(=S)N[C@@H](c2ccccn2)[C@@H]1c1cc(C)n(-c2ccc(O)cc2)c1C. The maximum absolute atomic E-state index is 9.63. The van der Waals surface area contributed by atoms with Crippen LogP contribution in [0, 0.1) is 13.8 Å². The summed E-state index contributed by atoms with van der Waals surface area (Å²) in [5.74, 6) is 0.268. The van der Waals surface area contributed by atoms with Gasteiger partial charge in [0.05, 0.1) is 17.8 Å². The molecule has 6 heteroatoms. The second kappa shape index (κ2) is 7.28. The maximum Gasteiger partial charge on any atom is 0.170 e. The van der Waals surface area contributed by atoms with Crippen molar-refractivity contribution < 1.29 is 5.11 Å². The second-order valence-electron chi connectivity index (χ2n) is 7.09. The molecule has 1 saturated heterocycles. The molecule has 28 heavy (non-hydrogen) atoms. The Kier molecular flexibility index (Phi) is 4.81. The lowest BCUT2D eigenvalue weighted by atomic mass is 9.97. The molecule has 2 N–H and O–H groups in total. The minimum absolute atomic E-state index is 0.00224. The number of rotatable bonds is 4. The van der Waals surface area contributed by atoms with Crippen LogP contribution in [0.1, 0.15) is 41.7 Å². The summed E-state index contributed by atoms with van der Waals surface area (Å²) < 4.78 is 2.22. The quantitative estimate of drug-likeness (QED) is 0.652. The van der Waals surface area contributed by atoms with Gasteiger partial charge in [-0.1, -0.05) is 6.07 Å². The van der Waals surface area contributed by atoms with Gasteiger partial charge in [0.25, 0.3) is 0 Å². The number of thiocarbonyl (C=S) groups is 1. The van der Waals surface area contributed by atoms with E-state index >= 15 is 0 Å². The van der Waals surface area contributed by atoms with Gasteiger partial charge in [0.1, 0.15) is 5.75 Å². The molecule has 1 aliphatic rings. The predicted molar refractivity (Wildman–Crippen MR) is 115 cm³/mol. The van der Waals surface area contributed by atoms with Crippen molar-refractivity contribution in [1.82, 2.24) is 19.8 Å². The van der Waals surface area contributed by atoms with E-state index in [9.17, 15) is 5.11 Å². The minimum atomic E-state index is 0.00224. The van der Waals surface area contributed by atoms with E-state index in [0.717, 1.165) is 28.7 Å². The van der Waals surface area contributed by atoms with Gasteiger partial charge in [-0.3, -0.25) is 4.98 Å². The van der Waals surface area contributed by atoms with Crippen LogP contribution in [-0.4, -0.2) is 31.2 Å². The van der Waals surface area contributed by atoms with Crippen molar-refractivity contribution in [1.29, 1.82) is 0 Å². The van der Waals surface area contributed by atoms with Gasteiger partial charge in [-0.15, -0.1) is 0 Å². The van der Waals surface area contributed by atoms with Crippen LogP contribution in [-0.2, 0) is 0 Å². The molecule has 3 aromatic rings. The van der Waals surface area contributed by atoms with E-state index in [4.69, 9.17) is 12.2 Å². The first-order chi connectivity index (χ1) is 13.5. The molecule has 1 aliphatic heterocycles. The number of nitrogens with one attached hydrogen (secondary N) is 1. The maximum atomic E-state index is 9.63. The molecule has 2 atom stereocenters. The van der Waals surface area contributed by atoms with Crippen LogP contribution in [0.5, 0.6) is 5.75 Å². The Balaban J connectivity index is 1.82. The van der Waals surface area contributed by atoms with Gasteiger partial charge in [-0.2, -0.15) is 0 Å². The summed E-state index contributed by atoms with van der Waals surface area (Å²) in [5.41, 5.74) is 5.56. The zero-order valence-corrected chi connectivity index (χ0v) is 17.1. The summed E-state index contributed by atoms with van der Waals surface area (Å²) in [6.45, 7) is 7.19. The molecule has 0 radical (unpaired) electrons. The zero-order chi connectivity index (χ0) is 19.8. The average molecular weight is 393 g/mol. The Morgan fingerprint density at radius 3 is 2.54 bits per heavy atom. The molecule has 0 spiro atoms. The Morgan fingerprint density at radius 2 is 1.89 bits per heavy atom. The van der Waals surface area contributed by atoms with Crippen LogP contribution in [0.25, 0.3) is 5.69 Å². The third kappa shape index (κ3) is 3.03. The number of nitrogens with zero attached hydrogens (tertiary/aromatic N) is 3. The number of aryl methyl sites for hydroxylation is 1. The highest BCUT2D eigenvalue weighted by Gasteiger charge is 2.40. The highest BCUT2D eigenvalue weighted by atomic mass is 32.1. The molecule has 4 rings (SSSR count). The number of aromatic hydroxyl groups is 1. The smallest absolute Gasteiger partial charge is 0.170 e. The molecule has 2 aromatic heterocycles. The molecule has 1 aromatic carbocycles. The predicted octanol–water partition coefficient (Wildman–Crippen LogP) is 4.19. The fourth-order valence-electron chi connectivity index (χ4n) is 4.17. The molecule has 0 bridgehead atoms. The highest BCUT2D eigenvalue weighted by Crippen LogP contribution is 2.41. The standard InChI is InChI=1S/C22H24N4OS/c1-4-25-21(20(24-22(25)28)19-7-5-6-12-23-19)18-13-14(2)26(15(18)3)16-8-10-17(27)11-9-16/h5-13,20-21,27H,4H2,1-3H3,(H,24,28)/t20-,21-/m0/s1. The van der Waals surface area contributed by atoms with Crippen LogP contribution in [0.3, 0.4) is 0 Å². The van der Waals surface area contributed by atoms with Gasteiger partial charge in [0.15, 0.2) is 5.11 Å². The van der Waals surface area contributed by atoms with E-state index in [1.807, 2.05) is 36.5 Å². The van der Waals surface area contributed by atoms with Gasteiger partial charge < -0.3 is 19.9 Å². The fourth-order valence-corrected chi connectivity index (χ4v) is 4.54. The van der Waals surface area contributed by atoms with Gasteiger partial charge in [0.2, 0.25) is 0 Å². The zero-order valence-electron chi connectivity index (χ0n) is 16.3. The number of hydrogen-bond donors (Lipinski definition) is 2. The van der Waals surface area contributed by atoms with Crippen molar-refractivity contribution in [2.24, 2.45) is 0 Å². The van der Waals surface area contributed by atoms with Crippen molar-refractivity contribution in [3.8, 4) is 11.4 Å². The first-order valence-corrected chi connectivity index (χ1v) is 9.88. The monoisotopic (exact) mass is 392 g/mol.